The van der Waals surface area contributed by atoms with Crippen LogP contribution < -0.4 is 0 Å². The van der Waals surface area contributed by atoms with Crippen LogP contribution in [0.5, 0.6) is 0 Å². The summed E-state index contributed by atoms with van der Waals surface area (Å²) in [6, 6.07) is 0. The predicted octanol–water partition coefficient (Wildman–Crippen LogP) is 3.32. The molecule has 0 rings (SSSR count). The van der Waals surface area contributed by atoms with Crippen LogP contribution in [0.2, 0.25) is 0 Å². The van der Waals surface area contributed by atoms with E-state index >= 15 is 0 Å². The van der Waals surface area contributed by atoms with E-state index in [-0.39, 0.29) is 8.22 Å². The van der Waals surface area contributed by atoms with E-state index in [4.69, 9.17) is 4.74 Å². The van der Waals surface area contributed by atoms with Crippen molar-refractivity contribution in [2.24, 2.45) is 0 Å². The van der Waals surface area contributed by atoms with E-state index < -0.39 is 0 Å². The number of hydrogen-bond donors (Lipinski definition) is 0. The quantitative estimate of drug-likeness (QED) is 0.440. The molecule has 2 unspecified atom stereocenters. The summed E-state index contributed by atoms with van der Waals surface area (Å²) in [4.78, 5) is 0. The Labute approximate surface area is 99.2 Å². The molecule has 0 aliphatic rings. The Bertz CT molecular complexity index is 65.6. The van der Waals surface area contributed by atoms with Crippen LogP contribution in [0.3, 0.4) is 0 Å². The number of ether oxygens (including phenoxy) is 1. The van der Waals surface area contributed by atoms with Gasteiger partial charge in [0.25, 0.3) is 0 Å². The van der Waals surface area contributed by atoms with Crippen LogP contribution >= 0.6 is 77.0 Å². The van der Waals surface area contributed by atoms with Crippen molar-refractivity contribution >= 4 is 77.0 Å². The molecule has 0 N–H and O–H groups in total. The highest BCUT2D eigenvalue weighted by Gasteiger charge is 2.07. The van der Waals surface area contributed by atoms with Crippen molar-refractivity contribution in [2.75, 3.05) is 10.7 Å². The lowest BCUT2D eigenvalue weighted by Crippen LogP contribution is -2.13. The Kier molecular flexibility index (Phi) is 8.92. The maximum atomic E-state index is 5.43. The van der Waals surface area contributed by atoms with Crippen molar-refractivity contribution in [1.29, 1.82) is 0 Å². The molecule has 5 heteroatoms. The fourth-order valence-electron chi connectivity index (χ4n) is 0.233. The Hall–Kier alpha value is 2.38. The summed E-state index contributed by atoms with van der Waals surface area (Å²) >= 11 is 11.1. The van der Waals surface area contributed by atoms with Crippen molar-refractivity contribution in [3.8, 4) is 0 Å². The standard InChI is InChI=1S/C4H6Br2I2O/c5-1-3(7)9-4(8)2-6/h3-4H,1-2H2. The SMILES string of the molecule is BrCC(I)OC(I)CBr. The fraction of sp³-hybridized carbons (Fsp3) is 1.00. The summed E-state index contributed by atoms with van der Waals surface area (Å²) in [5, 5.41) is 1.78. The first-order valence-corrected chi connectivity index (χ1v) is 6.99. The van der Waals surface area contributed by atoms with Crippen LogP contribution in [0.25, 0.3) is 0 Å². The second-order valence-corrected chi connectivity index (χ2v) is 5.34. The molecule has 0 amide bonds. The molecule has 56 valence electrons. The lowest BCUT2D eigenvalue weighted by Gasteiger charge is -2.11. The van der Waals surface area contributed by atoms with Gasteiger partial charge in [-0.05, 0) is 0 Å². The van der Waals surface area contributed by atoms with E-state index in [1.807, 2.05) is 0 Å². The lowest BCUT2D eigenvalue weighted by atomic mass is 10.8. The zero-order valence-electron chi connectivity index (χ0n) is 4.49. The van der Waals surface area contributed by atoms with E-state index in [1.165, 1.54) is 0 Å². The molecular formula is C4H6Br2I2O. The Morgan fingerprint density at radius 2 is 1.44 bits per heavy atom. The van der Waals surface area contributed by atoms with Crippen LogP contribution in [0.15, 0.2) is 0 Å². The van der Waals surface area contributed by atoms with Gasteiger partial charge in [-0.3, -0.25) is 0 Å². The third kappa shape index (κ3) is 6.77. The van der Waals surface area contributed by atoms with Gasteiger partial charge in [-0.25, -0.2) is 0 Å². The predicted molar refractivity (Wildman–Crippen MR) is 64.3 cm³/mol. The second kappa shape index (κ2) is 7.05. The van der Waals surface area contributed by atoms with Crippen molar-refractivity contribution in [2.45, 2.75) is 8.22 Å². The minimum atomic E-state index is 0.280. The average Bonchev–Trinajstić information content (AvgIpc) is 1.87. The van der Waals surface area contributed by atoms with E-state index in [0.29, 0.717) is 0 Å². The van der Waals surface area contributed by atoms with E-state index in [1.54, 1.807) is 0 Å². The Morgan fingerprint density at radius 3 is 1.67 bits per heavy atom. The zero-order chi connectivity index (χ0) is 7.28. The molecule has 0 aromatic carbocycles. The summed E-state index contributed by atoms with van der Waals surface area (Å²) in [5.74, 6) is 0. The number of rotatable bonds is 4. The minimum absolute atomic E-state index is 0.280. The molecule has 0 fully saturated rings. The van der Waals surface area contributed by atoms with Gasteiger partial charge in [-0.15, -0.1) is 0 Å². The summed E-state index contributed by atoms with van der Waals surface area (Å²) in [7, 11) is 0. The van der Waals surface area contributed by atoms with Gasteiger partial charge in [0, 0.05) is 10.7 Å². The van der Waals surface area contributed by atoms with Crippen LogP contribution in [0.4, 0.5) is 0 Å². The van der Waals surface area contributed by atoms with Gasteiger partial charge in [-0.1, -0.05) is 77.0 Å². The van der Waals surface area contributed by atoms with Crippen molar-refractivity contribution in [3.63, 3.8) is 0 Å². The molecule has 2 atom stereocenters. The molecule has 9 heavy (non-hydrogen) atoms. The van der Waals surface area contributed by atoms with Crippen molar-refractivity contribution in [3.05, 3.63) is 0 Å². The molecule has 0 saturated heterocycles. The van der Waals surface area contributed by atoms with E-state index in [2.05, 4.69) is 77.0 Å². The summed E-state index contributed by atoms with van der Waals surface area (Å²) in [5.41, 5.74) is 0. The summed E-state index contributed by atoms with van der Waals surface area (Å²) in [6.45, 7) is 0. The maximum absolute atomic E-state index is 5.43. The molecule has 1 nitrogen and oxygen atoms in total. The first-order valence-electron chi connectivity index (χ1n) is 2.26. The summed E-state index contributed by atoms with van der Waals surface area (Å²) in [6.07, 6.45) is 0. The molecule has 0 radical (unpaired) electrons. The van der Waals surface area contributed by atoms with Crippen molar-refractivity contribution in [1.82, 2.24) is 0 Å². The second-order valence-electron chi connectivity index (χ2n) is 1.26. The highest BCUT2D eigenvalue weighted by Crippen LogP contribution is 2.14. The van der Waals surface area contributed by atoms with Crippen LogP contribution in [0, 0.1) is 0 Å². The number of alkyl halides is 4. The van der Waals surface area contributed by atoms with Crippen molar-refractivity contribution < 1.29 is 4.74 Å². The van der Waals surface area contributed by atoms with E-state index in [9.17, 15) is 0 Å². The molecule has 0 bridgehead atoms. The third-order valence-electron chi connectivity index (χ3n) is 0.538. The van der Waals surface area contributed by atoms with Gasteiger partial charge in [0.15, 0.2) is 0 Å². The molecular weight excluding hydrogens is 478 g/mol. The maximum Gasteiger partial charge on any atom is 0.119 e. The number of hydrogen-bond acceptors (Lipinski definition) is 1. The molecule has 0 saturated carbocycles. The largest absolute Gasteiger partial charge is 0.353 e. The summed E-state index contributed by atoms with van der Waals surface area (Å²) < 4.78 is 5.99. The van der Waals surface area contributed by atoms with Gasteiger partial charge < -0.3 is 4.74 Å². The van der Waals surface area contributed by atoms with Gasteiger partial charge in [0.1, 0.15) is 8.22 Å². The zero-order valence-corrected chi connectivity index (χ0v) is 12.0. The normalized spacial score (nSPS) is 17.3. The molecule has 0 aliphatic heterocycles. The first kappa shape index (κ1) is 11.4. The molecule has 0 heterocycles. The van der Waals surface area contributed by atoms with E-state index in [0.717, 1.165) is 10.7 Å². The van der Waals surface area contributed by atoms with Gasteiger partial charge in [0.2, 0.25) is 0 Å². The highest BCUT2D eigenvalue weighted by molar-refractivity contribution is 14.1. The number of halogens is 4. The highest BCUT2D eigenvalue weighted by atomic mass is 127. The topological polar surface area (TPSA) is 9.23 Å². The van der Waals surface area contributed by atoms with Gasteiger partial charge in [0.05, 0.1) is 0 Å². The third-order valence-corrected chi connectivity index (χ3v) is 5.60. The van der Waals surface area contributed by atoms with Crippen LogP contribution in [0.1, 0.15) is 0 Å². The molecule has 0 aliphatic carbocycles. The molecule has 0 spiro atoms. The average molecular weight is 484 g/mol. The van der Waals surface area contributed by atoms with Crippen LogP contribution in [-0.2, 0) is 4.74 Å². The lowest BCUT2D eigenvalue weighted by molar-refractivity contribution is 0.141. The minimum Gasteiger partial charge on any atom is -0.353 e. The molecule has 0 aromatic heterocycles. The van der Waals surface area contributed by atoms with Gasteiger partial charge >= 0.3 is 0 Å². The fourth-order valence-corrected chi connectivity index (χ4v) is 1.81. The first-order chi connectivity index (χ1) is 4.20. The van der Waals surface area contributed by atoms with Crippen LogP contribution in [-0.4, -0.2) is 18.9 Å². The Morgan fingerprint density at radius 1 is 1.11 bits per heavy atom. The Balaban J connectivity index is 3.22. The monoisotopic (exact) mass is 482 g/mol. The van der Waals surface area contributed by atoms with Gasteiger partial charge in [-0.2, -0.15) is 0 Å². The smallest absolute Gasteiger partial charge is 0.119 e. The molecule has 0 aromatic rings.